The summed E-state index contributed by atoms with van der Waals surface area (Å²) in [5.41, 5.74) is -0.614. The Morgan fingerprint density at radius 2 is 2.24 bits per heavy atom. The average molecular weight is 312 g/mol. The molecule has 0 bridgehead atoms. The number of hydrogen-bond donors (Lipinski definition) is 0. The maximum Gasteiger partial charge on any atom is 0.310 e. The highest BCUT2D eigenvalue weighted by Gasteiger charge is 2.22. The van der Waals surface area contributed by atoms with Crippen LogP contribution in [0.15, 0.2) is 10.7 Å². The Hall–Kier alpha value is -1.11. The van der Waals surface area contributed by atoms with Crippen LogP contribution in [0.4, 0.5) is 13.2 Å². The summed E-state index contributed by atoms with van der Waals surface area (Å²) in [6, 6.07) is 0. The van der Waals surface area contributed by atoms with Crippen molar-refractivity contribution >= 4 is 21.9 Å². The highest BCUT2D eigenvalue weighted by Crippen LogP contribution is 2.31. The van der Waals surface area contributed by atoms with Gasteiger partial charge in [0.25, 0.3) is 6.43 Å². The fourth-order valence-electron chi connectivity index (χ4n) is 1.26. The molecule has 1 aromatic rings. The van der Waals surface area contributed by atoms with Crippen molar-refractivity contribution in [3.8, 4) is 0 Å². The van der Waals surface area contributed by atoms with Gasteiger partial charge in [0.05, 0.1) is 17.5 Å². The van der Waals surface area contributed by atoms with Gasteiger partial charge in [-0.2, -0.15) is 4.39 Å². The van der Waals surface area contributed by atoms with E-state index in [4.69, 9.17) is 0 Å². The van der Waals surface area contributed by atoms with E-state index in [0.29, 0.717) is 0 Å². The summed E-state index contributed by atoms with van der Waals surface area (Å²) < 4.78 is 42.7. The molecular weight excluding hydrogens is 303 g/mol. The highest BCUT2D eigenvalue weighted by atomic mass is 79.9. The zero-order chi connectivity index (χ0) is 13.0. The number of ether oxygens (including phenoxy) is 1. The van der Waals surface area contributed by atoms with Crippen molar-refractivity contribution in [2.75, 3.05) is 6.61 Å². The largest absolute Gasteiger partial charge is 0.466 e. The molecule has 1 aromatic heterocycles. The zero-order valence-electron chi connectivity index (χ0n) is 8.84. The molecular formula is C10H9BrF3NO2. The molecule has 0 aliphatic heterocycles. The number of aromatic nitrogens is 1. The third-order valence-corrected chi connectivity index (χ3v) is 2.71. The first-order valence-corrected chi connectivity index (χ1v) is 5.53. The summed E-state index contributed by atoms with van der Waals surface area (Å²) in [5.74, 6) is -1.69. The van der Waals surface area contributed by atoms with E-state index in [-0.39, 0.29) is 18.6 Å². The average Bonchev–Trinajstić information content (AvgIpc) is 2.23. The first kappa shape index (κ1) is 14.0. The number of rotatable bonds is 4. The van der Waals surface area contributed by atoms with Crippen molar-refractivity contribution in [1.82, 2.24) is 4.98 Å². The van der Waals surface area contributed by atoms with Gasteiger partial charge in [-0.15, -0.1) is 0 Å². The van der Waals surface area contributed by atoms with Crippen LogP contribution in [0.3, 0.4) is 0 Å². The Bertz CT molecular complexity index is 426. The maximum atomic E-state index is 13.0. The second-order valence-corrected chi connectivity index (χ2v) is 3.88. The minimum absolute atomic E-state index is 0.0493. The molecule has 0 radical (unpaired) electrons. The minimum Gasteiger partial charge on any atom is -0.466 e. The van der Waals surface area contributed by atoms with E-state index in [9.17, 15) is 18.0 Å². The summed E-state index contributed by atoms with van der Waals surface area (Å²) in [6.07, 6.45) is -2.34. The maximum absolute atomic E-state index is 13.0. The summed E-state index contributed by atoms with van der Waals surface area (Å²) >= 11 is 2.69. The van der Waals surface area contributed by atoms with Crippen molar-refractivity contribution in [1.29, 1.82) is 0 Å². The van der Waals surface area contributed by atoms with E-state index in [2.05, 4.69) is 25.7 Å². The number of carbonyl (C=O) groups excluding carboxylic acids is 1. The van der Waals surface area contributed by atoms with Crippen molar-refractivity contribution < 1.29 is 22.7 Å². The summed E-state index contributed by atoms with van der Waals surface area (Å²) in [4.78, 5) is 14.5. The summed E-state index contributed by atoms with van der Waals surface area (Å²) in [5, 5.41) is 0. The minimum atomic E-state index is -2.90. The van der Waals surface area contributed by atoms with Gasteiger partial charge in [0.15, 0.2) is 0 Å². The van der Waals surface area contributed by atoms with E-state index in [0.717, 1.165) is 6.20 Å². The second kappa shape index (κ2) is 6.00. The Kier molecular flexibility index (Phi) is 4.92. The lowest BCUT2D eigenvalue weighted by atomic mass is 10.1. The second-order valence-electron chi connectivity index (χ2n) is 3.08. The molecule has 3 nitrogen and oxygen atoms in total. The van der Waals surface area contributed by atoms with Crippen LogP contribution in [0.5, 0.6) is 0 Å². The van der Waals surface area contributed by atoms with Crippen LogP contribution >= 0.6 is 15.9 Å². The predicted molar refractivity (Wildman–Crippen MR) is 57.2 cm³/mol. The summed E-state index contributed by atoms with van der Waals surface area (Å²) in [6.45, 7) is 1.75. The van der Waals surface area contributed by atoms with E-state index >= 15 is 0 Å². The van der Waals surface area contributed by atoms with Crippen LogP contribution < -0.4 is 0 Å². The molecule has 0 N–H and O–H groups in total. The van der Waals surface area contributed by atoms with E-state index in [1.807, 2.05) is 0 Å². The van der Waals surface area contributed by atoms with Crippen molar-refractivity contribution in [3.05, 3.63) is 27.7 Å². The topological polar surface area (TPSA) is 39.2 Å². The molecule has 94 valence electrons. The van der Waals surface area contributed by atoms with Gasteiger partial charge in [-0.25, -0.2) is 13.8 Å². The number of nitrogens with zero attached hydrogens (tertiary/aromatic N) is 1. The Morgan fingerprint density at radius 3 is 2.76 bits per heavy atom. The van der Waals surface area contributed by atoms with Gasteiger partial charge in [0.1, 0.15) is 0 Å². The van der Waals surface area contributed by atoms with E-state index in [1.165, 1.54) is 0 Å². The van der Waals surface area contributed by atoms with Gasteiger partial charge in [0, 0.05) is 11.8 Å². The molecule has 0 spiro atoms. The highest BCUT2D eigenvalue weighted by molar-refractivity contribution is 9.10. The first-order valence-electron chi connectivity index (χ1n) is 4.73. The third-order valence-electron chi connectivity index (χ3n) is 1.96. The lowest BCUT2D eigenvalue weighted by Crippen LogP contribution is -2.11. The molecule has 1 rings (SSSR count). The van der Waals surface area contributed by atoms with E-state index in [1.54, 1.807) is 6.92 Å². The number of pyridine rings is 1. The Morgan fingerprint density at radius 1 is 1.59 bits per heavy atom. The molecule has 0 aliphatic carbocycles. The van der Waals surface area contributed by atoms with Gasteiger partial charge in [-0.05, 0) is 28.4 Å². The number of halogens is 4. The zero-order valence-corrected chi connectivity index (χ0v) is 10.4. The number of hydrogen-bond acceptors (Lipinski definition) is 3. The van der Waals surface area contributed by atoms with Crippen molar-refractivity contribution in [2.24, 2.45) is 0 Å². The van der Waals surface area contributed by atoms with Crippen LogP contribution in [0.2, 0.25) is 0 Å². The molecule has 7 heteroatoms. The predicted octanol–water partition coefficient (Wildman–Crippen LogP) is 3.03. The number of carbonyl (C=O) groups is 1. The van der Waals surface area contributed by atoms with Gasteiger partial charge >= 0.3 is 5.97 Å². The van der Waals surface area contributed by atoms with Gasteiger partial charge < -0.3 is 4.74 Å². The quantitative estimate of drug-likeness (QED) is 0.634. The van der Waals surface area contributed by atoms with Gasteiger partial charge in [0.2, 0.25) is 5.95 Å². The van der Waals surface area contributed by atoms with Gasteiger partial charge in [-0.1, -0.05) is 0 Å². The van der Waals surface area contributed by atoms with Crippen LogP contribution in [-0.4, -0.2) is 17.6 Å². The molecule has 0 saturated carbocycles. The fourth-order valence-corrected chi connectivity index (χ4v) is 1.79. The Balaban J connectivity index is 3.07. The van der Waals surface area contributed by atoms with Crippen molar-refractivity contribution in [2.45, 2.75) is 19.8 Å². The molecule has 0 saturated heterocycles. The molecule has 0 amide bonds. The lowest BCUT2D eigenvalue weighted by Gasteiger charge is -2.10. The molecule has 0 fully saturated rings. The lowest BCUT2D eigenvalue weighted by molar-refractivity contribution is -0.142. The smallest absolute Gasteiger partial charge is 0.310 e. The van der Waals surface area contributed by atoms with Crippen LogP contribution in [0.1, 0.15) is 24.5 Å². The SMILES string of the molecule is CCOC(=O)Cc1cnc(F)c(Br)c1C(F)F. The molecule has 1 heterocycles. The molecule has 17 heavy (non-hydrogen) atoms. The molecule has 0 atom stereocenters. The monoisotopic (exact) mass is 311 g/mol. The number of esters is 1. The van der Waals surface area contributed by atoms with Crippen molar-refractivity contribution in [3.63, 3.8) is 0 Å². The standard InChI is InChI=1S/C10H9BrF3NO2/c1-2-17-6(16)3-5-4-15-10(14)8(11)7(5)9(12)13/h4,9H,2-3H2,1H3. The van der Waals surface area contributed by atoms with Crippen LogP contribution in [-0.2, 0) is 16.0 Å². The fraction of sp³-hybridized carbons (Fsp3) is 0.400. The molecule has 0 aromatic carbocycles. The molecule has 0 aliphatic rings. The summed E-state index contributed by atoms with van der Waals surface area (Å²) in [7, 11) is 0. The number of alkyl halides is 2. The normalized spacial score (nSPS) is 10.7. The Labute approximate surface area is 104 Å². The third kappa shape index (κ3) is 3.42. The van der Waals surface area contributed by atoms with E-state index < -0.39 is 28.4 Å². The van der Waals surface area contributed by atoms with Crippen LogP contribution in [0, 0.1) is 5.95 Å². The van der Waals surface area contributed by atoms with Gasteiger partial charge in [-0.3, -0.25) is 4.79 Å². The molecule has 0 unspecified atom stereocenters. The first-order chi connectivity index (χ1) is 7.97. The van der Waals surface area contributed by atoms with Crippen LogP contribution in [0.25, 0.3) is 0 Å².